The molecular formula is C38H54O10. The zero-order valence-corrected chi connectivity index (χ0v) is 29.0. The smallest absolute Gasteiger partial charge is 0.338 e. The summed E-state index contributed by atoms with van der Waals surface area (Å²) in [5.74, 6) is -1.51. The molecule has 0 radical (unpaired) electrons. The van der Waals surface area contributed by atoms with Gasteiger partial charge in [-0.25, -0.2) is 4.79 Å². The van der Waals surface area contributed by atoms with Gasteiger partial charge in [-0.15, -0.1) is 0 Å². The lowest BCUT2D eigenvalue weighted by Crippen LogP contribution is -2.62. The second kappa shape index (κ2) is 19.5. The Morgan fingerprint density at radius 1 is 0.771 bits per heavy atom. The van der Waals surface area contributed by atoms with Crippen LogP contribution >= 0.6 is 0 Å². The first-order chi connectivity index (χ1) is 23.3. The van der Waals surface area contributed by atoms with E-state index in [-0.39, 0.29) is 18.3 Å². The lowest BCUT2D eigenvalue weighted by atomic mass is 9.87. The maximum Gasteiger partial charge on any atom is 0.338 e. The van der Waals surface area contributed by atoms with Crippen LogP contribution in [0.1, 0.15) is 75.7 Å². The van der Waals surface area contributed by atoms with Crippen molar-refractivity contribution < 1.29 is 47.9 Å². The number of methoxy groups -OCH3 is 1. The number of carbonyl (C=O) groups excluding carboxylic acids is 2. The van der Waals surface area contributed by atoms with Crippen molar-refractivity contribution in [1.82, 2.24) is 0 Å². The van der Waals surface area contributed by atoms with Crippen molar-refractivity contribution >= 4 is 11.8 Å². The van der Waals surface area contributed by atoms with Crippen LogP contribution in [0.2, 0.25) is 0 Å². The Balaban J connectivity index is 1.48. The van der Waals surface area contributed by atoms with Gasteiger partial charge in [-0.2, -0.15) is 0 Å². The summed E-state index contributed by atoms with van der Waals surface area (Å²) in [7, 11) is 1.51. The molecule has 0 saturated carbocycles. The number of ether oxygens (including phenoxy) is 7. The van der Waals surface area contributed by atoms with Crippen LogP contribution in [-0.4, -0.2) is 93.0 Å². The first-order valence-electron chi connectivity index (χ1n) is 17.4. The van der Waals surface area contributed by atoms with Crippen molar-refractivity contribution in [1.29, 1.82) is 0 Å². The van der Waals surface area contributed by atoms with Crippen molar-refractivity contribution in [2.45, 2.75) is 115 Å². The minimum atomic E-state index is -1.18. The van der Waals surface area contributed by atoms with Gasteiger partial charge in [0.05, 0.1) is 18.3 Å². The number of aryl methyl sites for hydroxylation is 1. The number of aliphatic hydroxyl groups is 1. The van der Waals surface area contributed by atoms with E-state index in [0.717, 1.165) is 38.5 Å². The standard InChI is InChI=1S/C38H54O10/c1-6-7-22-43-34-26(3)32(30(24-39)45-37(34)44-23-16-10-13-19-28-17-11-8-12-18-28)48-38-35(46-36(41)29-20-14-9-15-21-29)33(42-5)25(2)31(47-38)27(4)40/h8-9,11-12,14-15,17-18,20-21,25-26,30-35,37-39H,6-7,10,13,16,19,22-24H2,1-5H3/t25-,26-,30?,31?,32-,33+,34?,35?,37?,38-/m0/s1. The van der Waals surface area contributed by atoms with Gasteiger partial charge < -0.3 is 38.3 Å². The molecule has 2 aliphatic heterocycles. The summed E-state index contributed by atoms with van der Waals surface area (Å²) in [6.45, 7) is 7.98. The highest BCUT2D eigenvalue weighted by molar-refractivity contribution is 5.89. The number of esters is 1. The lowest BCUT2D eigenvalue weighted by molar-refractivity contribution is -0.347. The minimum absolute atomic E-state index is 0.198. The molecule has 5 unspecified atom stereocenters. The van der Waals surface area contributed by atoms with E-state index >= 15 is 0 Å². The molecular weight excluding hydrogens is 616 g/mol. The Labute approximate surface area is 285 Å². The lowest BCUT2D eigenvalue weighted by Gasteiger charge is -2.48. The number of benzene rings is 2. The SMILES string of the molecule is CCCCOC1C(OCCCCCc2ccccc2)OC(CO)[C@@H](O[C@@H]2OC(C(C)=O)[C@H](C)[C@@H](OC)C2OC(=O)c2ccccc2)[C@@H]1C. The van der Waals surface area contributed by atoms with Crippen molar-refractivity contribution in [2.75, 3.05) is 26.9 Å². The number of ketones is 1. The molecule has 2 heterocycles. The fourth-order valence-electron chi connectivity index (χ4n) is 6.58. The molecule has 1 N–H and O–H groups in total. The summed E-state index contributed by atoms with van der Waals surface area (Å²) < 4.78 is 43.6. The number of hydrogen-bond donors (Lipinski definition) is 1. The average molecular weight is 671 g/mol. The Bertz CT molecular complexity index is 1230. The number of hydrogen-bond acceptors (Lipinski definition) is 10. The molecule has 0 amide bonds. The topological polar surface area (TPSA) is 119 Å². The van der Waals surface area contributed by atoms with Gasteiger partial charge in [0.15, 0.2) is 24.5 Å². The van der Waals surface area contributed by atoms with E-state index in [4.69, 9.17) is 33.2 Å². The van der Waals surface area contributed by atoms with E-state index in [2.05, 4.69) is 31.2 Å². The Morgan fingerprint density at radius 2 is 1.46 bits per heavy atom. The van der Waals surface area contributed by atoms with E-state index in [0.29, 0.717) is 18.8 Å². The van der Waals surface area contributed by atoms with Gasteiger partial charge in [0, 0.05) is 32.2 Å². The largest absolute Gasteiger partial charge is 0.451 e. The summed E-state index contributed by atoms with van der Waals surface area (Å²) in [5, 5.41) is 10.5. The molecule has 2 aliphatic rings. The van der Waals surface area contributed by atoms with E-state index in [1.807, 2.05) is 26.0 Å². The molecule has 266 valence electrons. The Hall–Kier alpha value is -2.70. The first kappa shape index (κ1) is 38.1. The van der Waals surface area contributed by atoms with E-state index in [1.54, 1.807) is 24.3 Å². The van der Waals surface area contributed by atoms with Gasteiger partial charge in [0.2, 0.25) is 0 Å². The monoisotopic (exact) mass is 670 g/mol. The van der Waals surface area contributed by atoms with Gasteiger partial charge in [0.25, 0.3) is 0 Å². The van der Waals surface area contributed by atoms with Crippen LogP contribution in [0.15, 0.2) is 60.7 Å². The third kappa shape index (κ3) is 10.2. The maximum absolute atomic E-state index is 13.2. The Morgan fingerprint density at radius 3 is 2.10 bits per heavy atom. The molecule has 0 spiro atoms. The molecule has 2 saturated heterocycles. The molecule has 10 heteroatoms. The fourth-order valence-corrected chi connectivity index (χ4v) is 6.58. The molecule has 2 fully saturated rings. The van der Waals surface area contributed by atoms with Gasteiger partial charge in [-0.05, 0) is 50.3 Å². The summed E-state index contributed by atoms with van der Waals surface area (Å²) in [5.41, 5.74) is 1.68. The molecule has 4 rings (SSSR count). The minimum Gasteiger partial charge on any atom is -0.451 e. The Kier molecular flexibility index (Phi) is 15.5. The van der Waals surface area contributed by atoms with Gasteiger partial charge >= 0.3 is 5.97 Å². The van der Waals surface area contributed by atoms with Crippen LogP contribution in [0.5, 0.6) is 0 Å². The number of Topliss-reactive ketones (excluding diaryl/α,β-unsaturated/α-hetero) is 1. The molecule has 2 aromatic rings. The van der Waals surface area contributed by atoms with Crippen molar-refractivity contribution in [3.05, 3.63) is 71.8 Å². The highest BCUT2D eigenvalue weighted by atomic mass is 16.7. The van der Waals surface area contributed by atoms with E-state index in [1.165, 1.54) is 19.6 Å². The van der Waals surface area contributed by atoms with Crippen LogP contribution in [0.25, 0.3) is 0 Å². The third-order valence-corrected chi connectivity index (χ3v) is 9.29. The van der Waals surface area contributed by atoms with Crippen LogP contribution in [-0.2, 0) is 44.4 Å². The zero-order chi connectivity index (χ0) is 34.5. The van der Waals surface area contributed by atoms with Crippen LogP contribution < -0.4 is 0 Å². The van der Waals surface area contributed by atoms with E-state index in [9.17, 15) is 14.7 Å². The second-order valence-corrected chi connectivity index (χ2v) is 12.9. The van der Waals surface area contributed by atoms with Crippen LogP contribution in [0, 0.1) is 11.8 Å². The number of aliphatic hydroxyl groups excluding tert-OH is 1. The van der Waals surface area contributed by atoms with Gasteiger partial charge in [-0.1, -0.05) is 82.1 Å². The summed E-state index contributed by atoms with van der Waals surface area (Å²) in [6.07, 6.45) is -0.726. The van der Waals surface area contributed by atoms with Gasteiger partial charge in [-0.3, -0.25) is 4.79 Å². The van der Waals surface area contributed by atoms with Gasteiger partial charge in [0.1, 0.15) is 24.4 Å². The highest BCUT2D eigenvalue weighted by Crippen LogP contribution is 2.37. The molecule has 0 bridgehead atoms. The molecule has 10 nitrogen and oxygen atoms in total. The summed E-state index contributed by atoms with van der Waals surface area (Å²) in [4.78, 5) is 25.9. The maximum atomic E-state index is 13.2. The van der Waals surface area contributed by atoms with Crippen LogP contribution in [0.3, 0.4) is 0 Å². The number of unbranched alkanes of at least 4 members (excludes halogenated alkanes) is 3. The summed E-state index contributed by atoms with van der Waals surface area (Å²) >= 11 is 0. The predicted octanol–water partition coefficient (Wildman–Crippen LogP) is 5.53. The van der Waals surface area contributed by atoms with Crippen molar-refractivity contribution in [3.8, 4) is 0 Å². The first-order valence-corrected chi connectivity index (χ1v) is 17.4. The molecule has 0 aromatic heterocycles. The quantitative estimate of drug-likeness (QED) is 0.160. The second-order valence-electron chi connectivity index (χ2n) is 12.9. The number of carbonyl (C=O) groups is 2. The normalized spacial score (nSPS) is 30.5. The number of rotatable bonds is 18. The zero-order valence-electron chi connectivity index (χ0n) is 29.0. The highest BCUT2D eigenvalue weighted by Gasteiger charge is 2.52. The third-order valence-electron chi connectivity index (χ3n) is 9.29. The van der Waals surface area contributed by atoms with Crippen molar-refractivity contribution in [2.24, 2.45) is 11.8 Å². The molecule has 0 aliphatic carbocycles. The molecule has 10 atom stereocenters. The van der Waals surface area contributed by atoms with E-state index < -0.39 is 61.1 Å². The molecule has 2 aromatic carbocycles. The van der Waals surface area contributed by atoms with Crippen molar-refractivity contribution in [3.63, 3.8) is 0 Å². The fraction of sp³-hybridized carbons (Fsp3) is 0.632. The summed E-state index contributed by atoms with van der Waals surface area (Å²) in [6, 6.07) is 19.1. The van der Waals surface area contributed by atoms with Crippen LogP contribution in [0.4, 0.5) is 0 Å². The molecule has 48 heavy (non-hydrogen) atoms. The average Bonchev–Trinajstić information content (AvgIpc) is 3.10. The predicted molar refractivity (Wildman–Crippen MR) is 179 cm³/mol.